The number of nitrogens with zero attached hydrogens (tertiary/aromatic N) is 3. The number of aryl methyl sites for hydroxylation is 1. The number of likely N-dealkylation sites (N-methyl/N-ethyl adjacent to an activating group) is 1. The second kappa shape index (κ2) is 5.92. The van der Waals surface area contributed by atoms with E-state index in [1.54, 1.807) is 19.1 Å². The molecule has 0 N–H and O–H groups in total. The van der Waals surface area contributed by atoms with Crippen molar-refractivity contribution in [3.05, 3.63) is 29.3 Å². The van der Waals surface area contributed by atoms with Gasteiger partial charge in [-0.3, -0.25) is 0 Å². The number of nitriles is 1. The van der Waals surface area contributed by atoms with E-state index in [0.29, 0.717) is 24.2 Å². The summed E-state index contributed by atoms with van der Waals surface area (Å²) in [6, 6.07) is 6.73. The maximum Gasteiger partial charge on any atom is 0.243 e. The van der Waals surface area contributed by atoms with Crippen LogP contribution in [0.2, 0.25) is 0 Å². The van der Waals surface area contributed by atoms with Crippen LogP contribution in [0.4, 0.5) is 0 Å². The smallest absolute Gasteiger partial charge is 0.243 e. The van der Waals surface area contributed by atoms with E-state index in [4.69, 9.17) is 5.26 Å². The van der Waals surface area contributed by atoms with Crippen LogP contribution in [0.3, 0.4) is 0 Å². The highest BCUT2D eigenvalue weighted by atomic mass is 32.2. The summed E-state index contributed by atoms with van der Waals surface area (Å²) in [5.41, 5.74) is 1.21. The van der Waals surface area contributed by atoms with Crippen LogP contribution in [0.25, 0.3) is 0 Å². The predicted octanol–water partition coefficient (Wildman–Crippen LogP) is 1.19. The second-order valence-electron chi connectivity index (χ2n) is 4.93. The molecule has 108 valence electrons. The number of benzene rings is 1. The molecule has 5 nitrogen and oxygen atoms in total. The first-order valence-electron chi connectivity index (χ1n) is 6.72. The second-order valence-corrected chi connectivity index (χ2v) is 6.86. The largest absolute Gasteiger partial charge is 0.301 e. The zero-order chi connectivity index (χ0) is 14.8. The monoisotopic (exact) mass is 293 g/mol. The fourth-order valence-corrected chi connectivity index (χ4v) is 3.87. The summed E-state index contributed by atoms with van der Waals surface area (Å²) in [7, 11) is -3.44. The Morgan fingerprint density at radius 1 is 1.25 bits per heavy atom. The lowest BCUT2D eigenvalue weighted by Gasteiger charge is -2.33. The van der Waals surface area contributed by atoms with E-state index in [2.05, 4.69) is 17.9 Å². The molecule has 0 bridgehead atoms. The predicted molar refractivity (Wildman–Crippen MR) is 76.8 cm³/mol. The van der Waals surface area contributed by atoms with Crippen molar-refractivity contribution in [3.63, 3.8) is 0 Å². The van der Waals surface area contributed by atoms with E-state index in [1.165, 1.54) is 10.4 Å². The van der Waals surface area contributed by atoms with Gasteiger partial charge in [-0.25, -0.2) is 8.42 Å². The van der Waals surface area contributed by atoms with Crippen LogP contribution in [-0.4, -0.2) is 50.3 Å². The van der Waals surface area contributed by atoms with Gasteiger partial charge >= 0.3 is 0 Å². The molecule has 1 aromatic carbocycles. The Hall–Kier alpha value is -1.42. The van der Waals surface area contributed by atoms with E-state index in [0.717, 1.165) is 19.6 Å². The SMILES string of the molecule is CCN1CCN(S(=O)(=O)c2ccc(C#N)c(C)c2)CC1. The average molecular weight is 293 g/mol. The molecule has 0 aromatic heterocycles. The Balaban J connectivity index is 2.23. The summed E-state index contributed by atoms with van der Waals surface area (Å²) in [5.74, 6) is 0. The molecule has 1 aliphatic heterocycles. The lowest BCUT2D eigenvalue weighted by atomic mass is 10.1. The molecule has 0 spiro atoms. The third kappa shape index (κ3) is 2.85. The average Bonchev–Trinajstić information content (AvgIpc) is 2.47. The Bertz CT molecular complexity index is 626. The topological polar surface area (TPSA) is 64.4 Å². The van der Waals surface area contributed by atoms with Crippen molar-refractivity contribution >= 4 is 10.0 Å². The molecule has 1 saturated heterocycles. The van der Waals surface area contributed by atoms with Gasteiger partial charge < -0.3 is 4.90 Å². The molecule has 1 aromatic rings. The molecular formula is C14H19N3O2S. The lowest BCUT2D eigenvalue weighted by Crippen LogP contribution is -2.48. The van der Waals surface area contributed by atoms with E-state index in [9.17, 15) is 8.42 Å². The van der Waals surface area contributed by atoms with Gasteiger partial charge in [0.15, 0.2) is 0 Å². The molecule has 0 unspecified atom stereocenters. The Morgan fingerprint density at radius 3 is 2.40 bits per heavy atom. The molecule has 0 radical (unpaired) electrons. The van der Waals surface area contributed by atoms with Crippen LogP contribution in [0.1, 0.15) is 18.1 Å². The Kier molecular flexibility index (Phi) is 4.43. The van der Waals surface area contributed by atoms with E-state index >= 15 is 0 Å². The van der Waals surface area contributed by atoms with Crippen molar-refractivity contribution in [2.24, 2.45) is 0 Å². The molecule has 2 rings (SSSR count). The Morgan fingerprint density at radius 2 is 1.90 bits per heavy atom. The normalized spacial score (nSPS) is 17.9. The van der Waals surface area contributed by atoms with Gasteiger partial charge in [-0.15, -0.1) is 0 Å². The third-order valence-electron chi connectivity index (χ3n) is 3.73. The highest BCUT2D eigenvalue weighted by Crippen LogP contribution is 2.20. The molecule has 1 fully saturated rings. The van der Waals surface area contributed by atoms with Crippen molar-refractivity contribution in [3.8, 4) is 6.07 Å². The van der Waals surface area contributed by atoms with Crippen molar-refractivity contribution in [2.75, 3.05) is 32.7 Å². The van der Waals surface area contributed by atoms with Gasteiger partial charge in [0.05, 0.1) is 16.5 Å². The minimum absolute atomic E-state index is 0.277. The van der Waals surface area contributed by atoms with Crippen LogP contribution < -0.4 is 0 Å². The van der Waals surface area contributed by atoms with Gasteiger partial charge in [0.2, 0.25) is 10.0 Å². The number of rotatable bonds is 3. The van der Waals surface area contributed by atoms with E-state index in [-0.39, 0.29) is 4.90 Å². The number of piperazine rings is 1. The first kappa shape index (κ1) is 15.0. The maximum atomic E-state index is 12.6. The van der Waals surface area contributed by atoms with E-state index in [1.807, 2.05) is 0 Å². The van der Waals surface area contributed by atoms with Crippen molar-refractivity contribution < 1.29 is 8.42 Å². The summed E-state index contributed by atoms with van der Waals surface area (Å²) >= 11 is 0. The fraction of sp³-hybridized carbons (Fsp3) is 0.500. The highest BCUT2D eigenvalue weighted by Gasteiger charge is 2.28. The lowest BCUT2D eigenvalue weighted by molar-refractivity contribution is 0.196. The summed E-state index contributed by atoms with van der Waals surface area (Å²) in [5, 5.41) is 8.90. The first-order valence-corrected chi connectivity index (χ1v) is 8.16. The molecule has 1 aliphatic rings. The van der Waals surface area contributed by atoms with Gasteiger partial charge in [-0.2, -0.15) is 9.57 Å². The summed E-state index contributed by atoms with van der Waals surface area (Å²) in [6.45, 7) is 7.37. The highest BCUT2D eigenvalue weighted by molar-refractivity contribution is 7.89. The molecule has 0 atom stereocenters. The van der Waals surface area contributed by atoms with Crippen LogP contribution in [0.15, 0.2) is 23.1 Å². The summed E-state index contributed by atoms with van der Waals surface area (Å²) in [4.78, 5) is 2.51. The quantitative estimate of drug-likeness (QED) is 0.840. The fourth-order valence-electron chi connectivity index (χ4n) is 2.36. The summed E-state index contributed by atoms with van der Waals surface area (Å²) < 4.78 is 26.6. The molecule has 0 saturated carbocycles. The number of hydrogen-bond acceptors (Lipinski definition) is 4. The molecule has 20 heavy (non-hydrogen) atoms. The standard InChI is InChI=1S/C14H19N3O2S/c1-3-16-6-8-17(9-7-16)20(18,19)14-5-4-13(11-15)12(2)10-14/h4-5,10H,3,6-9H2,1-2H3. The maximum absolute atomic E-state index is 12.6. The van der Waals surface area contributed by atoms with Gasteiger partial charge in [0.25, 0.3) is 0 Å². The van der Waals surface area contributed by atoms with Crippen molar-refractivity contribution in [1.82, 2.24) is 9.21 Å². The number of hydrogen-bond donors (Lipinski definition) is 0. The zero-order valence-corrected chi connectivity index (χ0v) is 12.7. The molecule has 0 amide bonds. The zero-order valence-electron chi connectivity index (χ0n) is 11.8. The molecule has 0 aliphatic carbocycles. The van der Waals surface area contributed by atoms with Crippen LogP contribution in [-0.2, 0) is 10.0 Å². The summed E-state index contributed by atoms with van der Waals surface area (Å²) in [6.07, 6.45) is 0. The Labute approximate surface area is 120 Å². The van der Waals surface area contributed by atoms with Crippen LogP contribution in [0.5, 0.6) is 0 Å². The van der Waals surface area contributed by atoms with Gasteiger partial charge in [-0.05, 0) is 37.2 Å². The van der Waals surface area contributed by atoms with Crippen LogP contribution in [0, 0.1) is 18.3 Å². The van der Waals surface area contributed by atoms with Crippen molar-refractivity contribution in [1.29, 1.82) is 5.26 Å². The first-order chi connectivity index (χ1) is 9.48. The van der Waals surface area contributed by atoms with Gasteiger partial charge in [0, 0.05) is 26.2 Å². The molecular weight excluding hydrogens is 274 g/mol. The van der Waals surface area contributed by atoms with Crippen molar-refractivity contribution in [2.45, 2.75) is 18.7 Å². The minimum Gasteiger partial charge on any atom is -0.301 e. The third-order valence-corrected chi connectivity index (χ3v) is 5.63. The van der Waals surface area contributed by atoms with Crippen LogP contribution >= 0.6 is 0 Å². The number of sulfonamides is 1. The molecule has 1 heterocycles. The van der Waals surface area contributed by atoms with Gasteiger partial charge in [0.1, 0.15) is 0 Å². The molecule has 6 heteroatoms. The van der Waals surface area contributed by atoms with E-state index < -0.39 is 10.0 Å². The van der Waals surface area contributed by atoms with Gasteiger partial charge in [-0.1, -0.05) is 6.92 Å². The minimum atomic E-state index is -3.44.